The molecule has 2 atom stereocenters. The molecule has 1 aromatic rings. The van der Waals surface area contributed by atoms with Crippen LogP contribution in [-0.4, -0.2) is 49.3 Å². The number of pyridine rings is 1. The predicted molar refractivity (Wildman–Crippen MR) is 81.9 cm³/mol. The van der Waals surface area contributed by atoms with Gasteiger partial charge < -0.3 is 20.7 Å². The molecule has 20 heavy (non-hydrogen) atoms. The summed E-state index contributed by atoms with van der Waals surface area (Å²) in [5, 5.41) is 4.11. The van der Waals surface area contributed by atoms with Crippen molar-refractivity contribution in [2.45, 2.75) is 25.5 Å². The molecule has 1 aliphatic heterocycles. The second-order valence-electron chi connectivity index (χ2n) is 5.23. The second-order valence-corrected chi connectivity index (χ2v) is 5.67. The first-order valence-electron chi connectivity index (χ1n) is 7.06. The number of nitrogens with zero attached hydrogens (tertiary/aromatic N) is 2. The minimum absolute atomic E-state index is 0.0175. The summed E-state index contributed by atoms with van der Waals surface area (Å²) in [6.07, 6.45) is 2.68. The minimum atomic E-state index is 0.0175. The summed E-state index contributed by atoms with van der Waals surface area (Å²) in [6, 6.07) is 1.90. The molecule has 1 aliphatic rings. The van der Waals surface area contributed by atoms with Crippen LogP contribution in [0.25, 0.3) is 0 Å². The van der Waals surface area contributed by atoms with Crippen LogP contribution in [0, 0.1) is 0 Å². The van der Waals surface area contributed by atoms with Crippen LogP contribution in [0.1, 0.15) is 24.9 Å². The minimum Gasteiger partial charge on any atom is -0.383 e. The lowest BCUT2D eigenvalue weighted by molar-refractivity contribution is -0.0391. The maximum Gasteiger partial charge on any atom is 0.128 e. The quantitative estimate of drug-likeness (QED) is 0.866. The van der Waals surface area contributed by atoms with E-state index in [0.717, 1.165) is 38.2 Å². The monoisotopic (exact) mass is 298 g/mol. The highest BCUT2D eigenvalue weighted by Gasteiger charge is 2.29. The number of nitrogen functional groups attached to an aromatic ring is 1. The van der Waals surface area contributed by atoms with Crippen LogP contribution in [0.4, 0.5) is 5.82 Å². The third-order valence-electron chi connectivity index (χ3n) is 3.53. The molecule has 0 aromatic carbocycles. The number of anilines is 1. The molecule has 0 aliphatic carbocycles. The average molecular weight is 299 g/mol. The van der Waals surface area contributed by atoms with E-state index in [4.69, 9.17) is 22.1 Å². The van der Waals surface area contributed by atoms with Gasteiger partial charge in [0, 0.05) is 24.8 Å². The molecule has 2 rings (SSSR count). The Balaban J connectivity index is 2.23. The summed E-state index contributed by atoms with van der Waals surface area (Å²) in [5.41, 5.74) is 6.95. The Kier molecular flexibility index (Phi) is 5.60. The number of nitrogens with two attached hydrogens (primary N) is 1. The van der Waals surface area contributed by atoms with Crippen molar-refractivity contribution in [1.82, 2.24) is 15.2 Å². The van der Waals surface area contributed by atoms with Gasteiger partial charge in [0.2, 0.25) is 0 Å². The number of halogens is 1. The van der Waals surface area contributed by atoms with Gasteiger partial charge in [-0.3, -0.25) is 0 Å². The normalized spacial score (nSPS) is 21.9. The smallest absolute Gasteiger partial charge is 0.128 e. The molecule has 2 unspecified atom stereocenters. The largest absolute Gasteiger partial charge is 0.383 e. The molecule has 1 saturated heterocycles. The Hall–Kier alpha value is -0.880. The Morgan fingerprint density at radius 1 is 1.65 bits per heavy atom. The van der Waals surface area contributed by atoms with Gasteiger partial charge in [-0.1, -0.05) is 18.5 Å². The molecule has 5 nitrogen and oxygen atoms in total. The Labute approximate surface area is 125 Å². The molecule has 0 amide bonds. The zero-order valence-electron chi connectivity index (χ0n) is 12.1. The second kappa shape index (κ2) is 7.22. The summed E-state index contributed by atoms with van der Waals surface area (Å²) in [6.45, 7) is 5.60. The van der Waals surface area contributed by atoms with Gasteiger partial charge in [0.25, 0.3) is 0 Å². The van der Waals surface area contributed by atoms with Crippen LogP contribution in [0.5, 0.6) is 0 Å². The third kappa shape index (κ3) is 3.82. The highest BCUT2D eigenvalue weighted by molar-refractivity contribution is 6.30. The van der Waals surface area contributed by atoms with E-state index in [0.29, 0.717) is 10.8 Å². The first-order chi connectivity index (χ1) is 9.61. The molecule has 6 heteroatoms. The Bertz CT molecular complexity index is 443. The zero-order chi connectivity index (χ0) is 14.5. The van der Waals surface area contributed by atoms with E-state index in [2.05, 4.69) is 29.2 Å². The van der Waals surface area contributed by atoms with Crippen molar-refractivity contribution in [3.8, 4) is 0 Å². The molecule has 0 radical (unpaired) electrons. The van der Waals surface area contributed by atoms with Gasteiger partial charge in [0.05, 0.1) is 23.8 Å². The van der Waals surface area contributed by atoms with Crippen LogP contribution in [0.15, 0.2) is 12.3 Å². The molecule has 112 valence electrons. The lowest BCUT2D eigenvalue weighted by Crippen LogP contribution is -2.47. The maximum atomic E-state index is 6.07. The lowest BCUT2D eigenvalue weighted by atomic mass is 10.0. The molecule has 3 N–H and O–H groups in total. The van der Waals surface area contributed by atoms with Gasteiger partial charge in [0.1, 0.15) is 5.82 Å². The van der Waals surface area contributed by atoms with Crippen molar-refractivity contribution >= 4 is 17.4 Å². The number of rotatable bonds is 5. The van der Waals surface area contributed by atoms with E-state index >= 15 is 0 Å². The molecule has 0 spiro atoms. The molecule has 0 saturated carbocycles. The van der Waals surface area contributed by atoms with Crippen LogP contribution >= 0.6 is 11.6 Å². The number of likely N-dealkylation sites (N-methyl/N-ethyl adjacent to an activating group) is 1. The average Bonchev–Trinajstić information content (AvgIpc) is 2.43. The molecule has 0 bridgehead atoms. The number of ether oxygens (including phenoxy) is 1. The van der Waals surface area contributed by atoms with Gasteiger partial charge in [-0.05, 0) is 26.1 Å². The van der Waals surface area contributed by atoms with Crippen molar-refractivity contribution in [2.75, 3.05) is 39.0 Å². The molecule has 1 fully saturated rings. The number of hydrogen-bond donors (Lipinski definition) is 2. The van der Waals surface area contributed by atoms with Gasteiger partial charge in [-0.25, -0.2) is 4.98 Å². The fraction of sp³-hybridized carbons (Fsp3) is 0.643. The van der Waals surface area contributed by atoms with Crippen LogP contribution in [0.2, 0.25) is 5.02 Å². The van der Waals surface area contributed by atoms with E-state index in [1.165, 1.54) is 0 Å². The van der Waals surface area contributed by atoms with Gasteiger partial charge in [-0.2, -0.15) is 0 Å². The number of hydrogen-bond acceptors (Lipinski definition) is 5. The summed E-state index contributed by atoms with van der Waals surface area (Å²) in [5.74, 6) is 0.514. The van der Waals surface area contributed by atoms with E-state index in [1.54, 1.807) is 6.20 Å². The third-order valence-corrected chi connectivity index (χ3v) is 3.74. The molecular formula is C14H23ClN4O. The SMILES string of the molecule is CCCNC(c1cc(Cl)cnc1N)C1CN(C)CCO1. The van der Waals surface area contributed by atoms with Gasteiger partial charge >= 0.3 is 0 Å². The highest BCUT2D eigenvalue weighted by Crippen LogP contribution is 2.27. The molecule has 1 aromatic heterocycles. The summed E-state index contributed by atoms with van der Waals surface area (Å²) >= 11 is 6.07. The summed E-state index contributed by atoms with van der Waals surface area (Å²) in [4.78, 5) is 6.42. The molecular weight excluding hydrogens is 276 g/mol. The van der Waals surface area contributed by atoms with Gasteiger partial charge in [0.15, 0.2) is 0 Å². The van der Waals surface area contributed by atoms with Crippen molar-refractivity contribution in [2.24, 2.45) is 0 Å². The van der Waals surface area contributed by atoms with Crippen molar-refractivity contribution in [1.29, 1.82) is 0 Å². The van der Waals surface area contributed by atoms with E-state index in [1.807, 2.05) is 6.07 Å². The summed E-state index contributed by atoms with van der Waals surface area (Å²) < 4.78 is 5.93. The highest BCUT2D eigenvalue weighted by atomic mass is 35.5. The fourth-order valence-electron chi connectivity index (χ4n) is 2.47. The maximum absolute atomic E-state index is 6.07. The number of aromatic nitrogens is 1. The lowest BCUT2D eigenvalue weighted by Gasteiger charge is -2.36. The Morgan fingerprint density at radius 3 is 3.15 bits per heavy atom. The Morgan fingerprint density at radius 2 is 2.45 bits per heavy atom. The predicted octanol–water partition coefficient (Wildman–Crippen LogP) is 1.69. The van der Waals surface area contributed by atoms with E-state index < -0.39 is 0 Å². The summed E-state index contributed by atoms with van der Waals surface area (Å²) in [7, 11) is 2.10. The number of nitrogens with one attached hydrogen (secondary N) is 1. The van der Waals surface area contributed by atoms with Crippen molar-refractivity contribution in [3.05, 3.63) is 22.8 Å². The van der Waals surface area contributed by atoms with Crippen molar-refractivity contribution in [3.63, 3.8) is 0 Å². The fourth-order valence-corrected chi connectivity index (χ4v) is 2.64. The zero-order valence-corrected chi connectivity index (χ0v) is 12.9. The standard InChI is InChI=1S/C14H23ClN4O/c1-3-4-17-13(12-9-19(2)5-6-20-12)11-7-10(15)8-18-14(11)16/h7-8,12-13,17H,3-6,9H2,1-2H3,(H2,16,18). The van der Waals surface area contributed by atoms with Crippen LogP contribution < -0.4 is 11.1 Å². The van der Waals surface area contributed by atoms with Crippen LogP contribution in [-0.2, 0) is 4.74 Å². The molecule has 2 heterocycles. The van der Waals surface area contributed by atoms with E-state index in [-0.39, 0.29) is 12.1 Å². The van der Waals surface area contributed by atoms with Gasteiger partial charge in [-0.15, -0.1) is 0 Å². The first kappa shape index (κ1) is 15.5. The first-order valence-corrected chi connectivity index (χ1v) is 7.44. The van der Waals surface area contributed by atoms with E-state index in [9.17, 15) is 0 Å². The number of morpholine rings is 1. The van der Waals surface area contributed by atoms with Crippen molar-refractivity contribution < 1.29 is 4.74 Å². The van der Waals surface area contributed by atoms with Crippen LogP contribution in [0.3, 0.4) is 0 Å². The topological polar surface area (TPSA) is 63.4 Å².